The van der Waals surface area contributed by atoms with Crippen molar-refractivity contribution in [2.24, 2.45) is 28.7 Å². The van der Waals surface area contributed by atoms with E-state index in [1.807, 2.05) is 39.8 Å². The van der Waals surface area contributed by atoms with Crippen LogP contribution in [0.3, 0.4) is 0 Å². The maximum absolute atomic E-state index is 12.7. The number of nitriles is 2. The first kappa shape index (κ1) is 51.8. The van der Waals surface area contributed by atoms with Gasteiger partial charge in [-0.3, -0.25) is 19.0 Å². The van der Waals surface area contributed by atoms with Gasteiger partial charge in [-0.2, -0.15) is 20.7 Å². The van der Waals surface area contributed by atoms with Gasteiger partial charge in [0.05, 0.1) is 68.6 Å². The summed E-state index contributed by atoms with van der Waals surface area (Å²) >= 11 is 0. The van der Waals surface area contributed by atoms with Crippen molar-refractivity contribution in [3.8, 4) is 12.1 Å². The van der Waals surface area contributed by atoms with E-state index in [4.69, 9.17) is 39.6 Å². The van der Waals surface area contributed by atoms with Crippen molar-refractivity contribution in [1.29, 1.82) is 10.5 Å². The minimum atomic E-state index is -0.918. The van der Waals surface area contributed by atoms with Crippen LogP contribution in [-0.4, -0.2) is 112 Å². The maximum atomic E-state index is 12.7. The fourth-order valence-electron chi connectivity index (χ4n) is 8.20. The van der Waals surface area contributed by atoms with E-state index in [2.05, 4.69) is 33.0 Å². The Morgan fingerprint density at radius 3 is 1.79 bits per heavy atom. The second kappa shape index (κ2) is 22.1. The van der Waals surface area contributed by atoms with Gasteiger partial charge in [0.25, 0.3) is 11.8 Å². The van der Waals surface area contributed by atoms with E-state index in [0.29, 0.717) is 81.7 Å². The number of aromatic nitrogens is 4. The topological polar surface area (TPSA) is 286 Å². The smallest absolute Gasteiger partial charge is 1.00 e. The summed E-state index contributed by atoms with van der Waals surface area (Å²) in [6.45, 7) is 10.8. The molecule has 4 aromatic rings. The molecule has 0 bridgehead atoms. The van der Waals surface area contributed by atoms with Gasteiger partial charge in [-0.15, -0.1) is 0 Å². The first-order valence-electron chi connectivity index (χ1n) is 20.8. The average molecular weight is 911 g/mol. The van der Waals surface area contributed by atoms with Gasteiger partial charge in [0.1, 0.15) is 11.1 Å². The van der Waals surface area contributed by atoms with Gasteiger partial charge in [0.15, 0.2) is 11.6 Å². The zero-order chi connectivity index (χ0) is 45.9. The molecule has 2 unspecified atom stereocenters. The van der Waals surface area contributed by atoms with Gasteiger partial charge in [-0.1, -0.05) is 13.8 Å². The van der Waals surface area contributed by atoms with E-state index in [1.165, 1.54) is 13.3 Å². The third kappa shape index (κ3) is 11.3. The third-order valence-electron chi connectivity index (χ3n) is 11.6. The molecule has 4 aliphatic rings. The van der Waals surface area contributed by atoms with Crippen LogP contribution >= 0.6 is 0 Å². The summed E-state index contributed by atoms with van der Waals surface area (Å²) in [4.78, 5) is 36.8. The molecule has 6 heterocycles. The van der Waals surface area contributed by atoms with Gasteiger partial charge in [-0.25, -0.2) is 4.79 Å². The normalized spacial score (nSPS) is 20.7. The summed E-state index contributed by atoms with van der Waals surface area (Å²) < 4.78 is 36.3. The fourth-order valence-corrected chi connectivity index (χ4v) is 8.20. The number of nitrogens with one attached hydrogen (secondary N) is 2. The number of rotatable bonds is 10. The zero-order valence-electron chi connectivity index (χ0n) is 38.8. The number of primary amides is 2. The van der Waals surface area contributed by atoms with Crippen LogP contribution in [-0.2, 0) is 34.8 Å². The SMILES string of the molecule is COC(=O)c1cc(Nc2nn(C3COCC[C@@H]3C#N)cc2C(N)=O)cc(C)c1B1OCC(C)(C)CO1.Cc1cc(Nc2nn(C3COCC[C@@H]3C#N)cc2C(N)=O)cc2c1B(O)OC2.[B].[H-].[Na+]. The van der Waals surface area contributed by atoms with E-state index < -0.39 is 32.0 Å². The van der Waals surface area contributed by atoms with Crippen molar-refractivity contribution in [2.45, 2.75) is 59.2 Å². The summed E-state index contributed by atoms with van der Waals surface area (Å²) in [5.74, 6) is -1.88. The summed E-state index contributed by atoms with van der Waals surface area (Å²) in [6.07, 6.45) is 4.26. The van der Waals surface area contributed by atoms with Crippen molar-refractivity contribution in [2.75, 3.05) is 57.4 Å². The number of anilines is 4. The van der Waals surface area contributed by atoms with Crippen LogP contribution in [0.25, 0.3) is 0 Å². The number of amides is 2. The number of carbonyl (C=O) groups is 3. The van der Waals surface area contributed by atoms with Gasteiger partial charge >= 0.3 is 49.8 Å². The number of hydrogen-bond donors (Lipinski definition) is 5. The molecule has 2 amide bonds. The molecule has 3 radical (unpaired) electrons. The van der Waals surface area contributed by atoms with Gasteiger partial charge in [0, 0.05) is 64.0 Å². The van der Waals surface area contributed by atoms with Crippen LogP contribution in [0.2, 0.25) is 0 Å². The van der Waals surface area contributed by atoms with Gasteiger partial charge < -0.3 is 56.7 Å². The molecule has 0 aliphatic carbocycles. The predicted octanol–water partition coefficient (Wildman–Crippen LogP) is -1.22. The summed E-state index contributed by atoms with van der Waals surface area (Å²) in [5, 5.41) is 44.1. The molecule has 0 spiro atoms. The van der Waals surface area contributed by atoms with Crippen molar-refractivity contribution in [3.05, 3.63) is 70.0 Å². The molecule has 2 aromatic carbocycles. The summed E-state index contributed by atoms with van der Waals surface area (Å²) in [5.41, 5.74) is 16.7. The molecule has 339 valence electrons. The number of ether oxygens (including phenoxy) is 3. The maximum Gasteiger partial charge on any atom is 1.00 e. The third-order valence-corrected chi connectivity index (χ3v) is 11.6. The number of fused-ring (bicyclic) bond motifs is 1. The molecule has 24 heteroatoms. The monoisotopic (exact) mass is 911 g/mol. The molecular formula is C42H51B3N10NaO10. The molecule has 7 N–H and O–H groups in total. The number of methoxy groups -OCH3 is 1. The van der Waals surface area contributed by atoms with Crippen LogP contribution in [0.1, 0.15) is 88.0 Å². The van der Waals surface area contributed by atoms with Crippen LogP contribution < -0.4 is 62.6 Å². The van der Waals surface area contributed by atoms with E-state index in [9.17, 15) is 29.9 Å². The Hall–Kier alpha value is -5.20. The summed E-state index contributed by atoms with van der Waals surface area (Å²) in [6, 6.07) is 11.0. The molecule has 66 heavy (non-hydrogen) atoms. The minimum Gasteiger partial charge on any atom is -1.00 e. The molecule has 3 saturated heterocycles. The molecule has 20 nitrogen and oxygen atoms in total. The Balaban J connectivity index is 0.000000287. The number of esters is 1. The zero-order valence-corrected chi connectivity index (χ0v) is 39.8. The number of aryl methyl sites for hydroxylation is 2. The van der Waals surface area contributed by atoms with Crippen molar-refractivity contribution < 1.29 is 78.6 Å². The molecule has 4 atom stereocenters. The average Bonchev–Trinajstić information content (AvgIpc) is 4.01. The Morgan fingerprint density at radius 1 is 0.833 bits per heavy atom. The number of nitrogens with zero attached hydrogens (tertiary/aromatic N) is 6. The van der Waals surface area contributed by atoms with Crippen molar-refractivity contribution in [1.82, 2.24) is 19.6 Å². The first-order valence-corrected chi connectivity index (χ1v) is 20.8. The summed E-state index contributed by atoms with van der Waals surface area (Å²) in [7, 11) is -0.327. The van der Waals surface area contributed by atoms with Crippen LogP contribution in [0.15, 0.2) is 36.7 Å². The number of nitrogens with two attached hydrogens (primary N) is 2. The Labute approximate surface area is 408 Å². The van der Waals surface area contributed by atoms with E-state index in [0.717, 1.165) is 22.2 Å². The first-order chi connectivity index (χ1) is 30.6. The van der Waals surface area contributed by atoms with E-state index in [1.54, 1.807) is 27.7 Å². The van der Waals surface area contributed by atoms with Crippen LogP contribution in [0.5, 0.6) is 0 Å². The van der Waals surface area contributed by atoms with Crippen LogP contribution in [0, 0.1) is 53.8 Å². The molecule has 0 saturated carbocycles. The van der Waals surface area contributed by atoms with Gasteiger partial charge in [-0.05, 0) is 78.6 Å². The minimum absolute atomic E-state index is 0. The molecule has 2 aromatic heterocycles. The Kier molecular flexibility index (Phi) is 17.3. The van der Waals surface area contributed by atoms with E-state index >= 15 is 0 Å². The van der Waals surface area contributed by atoms with E-state index in [-0.39, 0.29) is 91.2 Å². The second-order valence-electron chi connectivity index (χ2n) is 16.9. The number of carbonyl (C=O) groups excluding carboxylic acids is 3. The van der Waals surface area contributed by atoms with Crippen LogP contribution in [0.4, 0.5) is 23.0 Å². The molecular weight excluding hydrogens is 860 g/mol. The van der Waals surface area contributed by atoms with Crippen molar-refractivity contribution >= 4 is 74.4 Å². The number of hydrogen-bond acceptors (Lipinski definition) is 16. The van der Waals surface area contributed by atoms with Crippen molar-refractivity contribution in [3.63, 3.8) is 0 Å². The molecule has 4 aliphatic heterocycles. The second-order valence-corrected chi connectivity index (χ2v) is 16.9. The largest absolute Gasteiger partial charge is 1.00 e. The fraction of sp³-hybridized carbons (Fsp3) is 0.452. The molecule has 3 fully saturated rings. The Morgan fingerprint density at radius 2 is 1.32 bits per heavy atom. The quantitative estimate of drug-likeness (QED) is 0.0921. The predicted molar refractivity (Wildman–Crippen MR) is 239 cm³/mol. The standard InChI is InChI=1S/C24H30BN5O6.C18H20BN5O4.B.Na.H/c1-14-7-16(8-17(23(32)33-4)20(14)25-35-12-24(2,3)13-36-25)28-22-18(21(27)31)10-30(29-22)19-11-34-6-5-15(19)9-26;1-10-4-13(5-12-8-28-19(26)16(10)12)22-18-14(17(21)25)7-24(23-18)15-9-27-3-2-11(15)6-20;;;/h7-8,10,15,19H,5-6,11-13H2,1-4H3,(H2,27,31)(H,28,29);4-5,7,11,15,26H,2-3,8-9H2,1H3,(H2,21,25)(H,22,23);;;/q;;;+1;-1/t15-,19?;11-,15?;;;/m11.../s1. The van der Waals surface area contributed by atoms with Gasteiger partial charge in [0.2, 0.25) is 0 Å². The molecule has 8 rings (SSSR count). The number of benzene rings is 2. The Bertz CT molecular complexity index is 2530.